The summed E-state index contributed by atoms with van der Waals surface area (Å²) in [4.78, 5) is 55.1. The Kier molecular flexibility index (Phi) is 27.6. The molecule has 1 saturated carbocycles. The van der Waals surface area contributed by atoms with E-state index in [-0.39, 0.29) is 75.4 Å². The van der Waals surface area contributed by atoms with E-state index in [1.165, 1.54) is 16.8 Å². The van der Waals surface area contributed by atoms with Crippen LogP contribution in [-0.4, -0.2) is 211 Å². The summed E-state index contributed by atoms with van der Waals surface area (Å²) in [6.07, 6.45) is -1.04. The van der Waals surface area contributed by atoms with Crippen LogP contribution >= 0.6 is 0 Å². The van der Waals surface area contributed by atoms with Gasteiger partial charge in [0.2, 0.25) is 11.8 Å². The lowest BCUT2D eigenvalue weighted by Gasteiger charge is -2.46. The summed E-state index contributed by atoms with van der Waals surface area (Å²) in [6, 6.07) is 10.7. The first kappa shape index (κ1) is 62.6. The first-order valence-corrected chi connectivity index (χ1v) is 26.6. The van der Waals surface area contributed by atoms with Crippen LogP contribution in [0.25, 0.3) is 0 Å². The molecule has 3 amide bonds. The van der Waals surface area contributed by atoms with Crippen LogP contribution in [0.2, 0.25) is 0 Å². The van der Waals surface area contributed by atoms with Gasteiger partial charge in [0.15, 0.2) is 0 Å². The molecule has 2 aliphatic rings. The summed E-state index contributed by atoms with van der Waals surface area (Å²) in [5.74, 6) is -5.58. The van der Waals surface area contributed by atoms with Crippen LogP contribution < -0.4 is 16.4 Å². The second kappa shape index (κ2) is 33.9. The Morgan fingerprint density at radius 1 is 0.844 bits per heavy atom. The molecule has 5 rings (SSSR count). The first-order chi connectivity index (χ1) is 37.2. The monoisotopic (exact) mass is 1090 g/mol. The molecule has 2 fully saturated rings. The molecule has 0 spiro atoms. The average Bonchev–Trinajstić information content (AvgIpc) is 3.91. The first-order valence-electron chi connectivity index (χ1n) is 26.6. The predicted octanol–water partition coefficient (Wildman–Crippen LogP) is 1.10. The van der Waals surface area contributed by atoms with Gasteiger partial charge in [-0.1, -0.05) is 54.8 Å². The number of hydrogen-bond acceptors (Lipinski definition) is 19. The third kappa shape index (κ3) is 21.2. The number of phenols is 1. The fourth-order valence-electron chi connectivity index (χ4n) is 8.99. The Balaban J connectivity index is 1.13. The van der Waals surface area contributed by atoms with E-state index in [4.69, 9.17) is 43.6 Å². The Labute approximate surface area is 449 Å². The molecule has 2 unspecified atom stereocenters. The maximum absolute atomic E-state index is 13.6. The number of nitrogens with zero attached hydrogens (tertiary/aromatic N) is 4. The largest absolute Gasteiger partial charge is 0.507 e. The number of phenolic OH excluding ortho intramolecular Hbond substituents is 1. The Morgan fingerprint density at radius 2 is 1.43 bits per heavy atom. The maximum atomic E-state index is 13.6. The maximum Gasteiger partial charge on any atom is 0.364 e. The van der Waals surface area contributed by atoms with Crippen molar-refractivity contribution in [3.63, 3.8) is 0 Å². The lowest BCUT2D eigenvalue weighted by molar-refractivity contribution is -0.310. The van der Waals surface area contributed by atoms with Crippen molar-refractivity contribution in [2.75, 3.05) is 106 Å². The molecule has 77 heavy (non-hydrogen) atoms. The molecule has 2 heterocycles. The molecule has 2 aromatic carbocycles. The van der Waals surface area contributed by atoms with Crippen LogP contribution in [0.3, 0.4) is 0 Å². The van der Waals surface area contributed by atoms with Crippen molar-refractivity contribution in [2.45, 2.75) is 120 Å². The van der Waals surface area contributed by atoms with Crippen molar-refractivity contribution in [3.05, 3.63) is 76.6 Å². The van der Waals surface area contributed by atoms with Crippen LogP contribution in [0.4, 0.5) is 0 Å². The molecule has 1 aromatic heterocycles. The lowest BCUT2D eigenvalue weighted by atomic mass is 9.87. The van der Waals surface area contributed by atoms with Gasteiger partial charge in [0, 0.05) is 50.3 Å². The molecule has 24 heteroatoms. The number of amides is 3. The van der Waals surface area contributed by atoms with Crippen LogP contribution in [0.1, 0.15) is 90.0 Å². The van der Waals surface area contributed by atoms with Gasteiger partial charge < -0.3 is 84.7 Å². The summed E-state index contributed by atoms with van der Waals surface area (Å²) in [5, 5.41) is 69.1. The smallest absolute Gasteiger partial charge is 0.364 e. The number of aryl methyl sites for hydroxylation is 2. The van der Waals surface area contributed by atoms with E-state index in [0.717, 1.165) is 43.4 Å². The van der Waals surface area contributed by atoms with Gasteiger partial charge in [-0.15, -0.1) is 5.10 Å². The van der Waals surface area contributed by atoms with Gasteiger partial charge in [-0.3, -0.25) is 14.4 Å². The van der Waals surface area contributed by atoms with E-state index in [0.29, 0.717) is 83.7 Å². The zero-order chi connectivity index (χ0) is 55.4. The fraction of sp³-hybridized carbons (Fsp3) is 0.660. The molecular weight excluding hydrogens is 1010 g/mol. The molecule has 1 aliphatic carbocycles. The lowest BCUT2D eigenvalue weighted by Crippen LogP contribution is -2.68. The fourth-order valence-corrected chi connectivity index (χ4v) is 8.99. The Hall–Kier alpha value is -5.22. The number of nitrogens with two attached hydrogens (primary N) is 1. The van der Waals surface area contributed by atoms with Gasteiger partial charge in [-0.25, -0.2) is 9.48 Å². The van der Waals surface area contributed by atoms with Crippen molar-refractivity contribution in [2.24, 2.45) is 5.73 Å². The minimum Gasteiger partial charge on any atom is -0.507 e. The number of carboxylic acids is 1. The normalized spacial score (nSPS) is 19.6. The van der Waals surface area contributed by atoms with Crippen molar-refractivity contribution < 1.29 is 82.6 Å². The predicted molar refractivity (Wildman–Crippen MR) is 277 cm³/mol. The molecule has 9 N–H and O–H groups in total. The van der Waals surface area contributed by atoms with Crippen molar-refractivity contribution in [1.29, 1.82) is 0 Å². The van der Waals surface area contributed by atoms with Gasteiger partial charge in [0.1, 0.15) is 24.5 Å². The number of aromatic nitrogens is 3. The minimum atomic E-state index is -2.60. The van der Waals surface area contributed by atoms with E-state index in [1.54, 1.807) is 24.9 Å². The summed E-state index contributed by atoms with van der Waals surface area (Å²) in [6.45, 7) is 7.43. The Bertz CT molecular complexity index is 2200. The standard InChI is InChI=1S/C53H81N7O17/c1-37-30-41(31-38(2)48(37)65)51(67)55-33-44(62)49(66)50-47(56-45(63)36-60-35-42(57-58-60)40-12-7-4-8-13-40)43(61)32-53(77-50,52(68)69)76-17-9-16-59(34-39-10-5-3-6-11-39)46(64)14-18-70-20-22-72-24-26-74-28-29-75-27-25-73-23-21-71-19-15-54/h3,5-6,10-11,30-31,35,40,43-44,47,49-50,61-62,65-66H,4,7-9,12-29,32-34,36,54H2,1-2H3,(H,55,67)(H,56,63)(H,68,69)/t43-,44-,47?,49-,50?,53-/m1/s1. The molecular formula is C53H81N7O17. The molecule has 430 valence electrons. The van der Waals surface area contributed by atoms with Gasteiger partial charge in [-0.05, 0) is 61.9 Å². The highest BCUT2D eigenvalue weighted by molar-refractivity contribution is 5.95. The van der Waals surface area contributed by atoms with E-state index in [9.17, 15) is 44.7 Å². The number of carboxylic acid groups (broad SMARTS) is 1. The summed E-state index contributed by atoms with van der Waals surface area (Å²) in [5.41, 5.74) is 8.03. The number of carbonyl (C=O) groups is 4. The van der Waals surface area contributed by atoms with Crippen LogP contribution in [0.5, 0.6) is 5.75 Å². The SMILES string of the molecule is Cc1cc(C(=O)NC[C@@H](O)[C@@H](O)C2O[C@@](OCCCN(Cc3ccccc3)C(=O)CCOCCOCCOCCOCCOCCOCCN)(C(=O)O)C[C@@H](O)C2NC(=O)Cn2cc(C3CCCCC3)nn2)cc(C)c1O. The highest BCUT2D eigenvalue weighted by Crippen LogP contribution is 2.34. The number of aromatic hydroxyl groups is 1. The number of rotatable bonds is 37. The van der Waals surface area contributed by atoms with Gasteiger partial charge in [-0.2, -0.15) is 0 Å². The molecule has 3 aromatic rings. The number of benzene rings is 2. The number of aliphatic hydroxyl groups is 3. The third-order valence-electron chi connectivity index (χ3n) is 13.1. The zero-order valence-corrected chi connectivity index (χ0v) is 44.5. The number of aliphatic hydroxyl groups excluding tert-OH is 3. The molecule has 1 saturated heterocycles. The number of carbonyl (C=O) groups excluding carboxylic acids is 3. The highest BCUT2D eigenvalue weighted by atomic mass is 16.7. The second-order valence-corrected chi connectivity index (χ2v) is 19.1. The zero-order valence-electron chi connectivity index (χ0n) is 44.5. The van der Waals surface area contributed by atoms with Crippen molar-refractivity contribution in [1.82, 2.24) is 30.5 Å². The van der Waals surface area contributed by atoms with Gasteiger partial charge in [0.25, 0.3) is 11.7 Å². The van der Waals surface area contributed by atoms with Gasteiger partial charge >= 0.3 is 5.97 Å². The van der Waals surface area contributed by atoms with E-state index in [2.05, 4.69) is 20.9 Å². The molecule has 0 radical (unpaired) electrons. The van der Waals surface area contributed by atoms with Crippen LogP contribution in [-0.2, 0) is 65.4 Å². The topological polar surface area (TPSA) is 327 Å². The average molecular weight is 1090 g/mol. The van der Waals surface area contributed by atoms with Crippen molar-refractivity contribution >= 4 is 23.7 Å². The summed E-state index contributed by atoms with van der Waals surface area (Å²) >= 11 is 0. The molecule has 1 aliphatic heterocycles. The van der Waals surface area contributed by atoms with E-state index < -0.39 is 67.0 Å². The summed E-state index contributed by atoms with van der Waals surface area (Å²) < 4.78 is 46.2. The molecule has 24 nitrogen and oxygen atoms in total. The van der Waals surface area contributed by atoms with Crippen molar-refractivity contribution in [3.8, 4) is 5.75 Å². The third-order valence-corrected chi connectivity index (χ3v) is 13.1. The van der Waals surface area contributed by atoms with E-state index >= 15 is 0 Å². The number of ether oxygens (including phenoxy) is 8. The molecule has 0 bridgehead atoms. The van der Waals surface area contributed by atoms with Gasteiger partial charge in [0.05, 0.1) is 116 Å². The summed E-state index contributed by atoms with van der Waals surface area (Å²) in [7, 11) is 0. The Morgan fingerprint density at radius 3 is 2.01 bits per heavy atom. The highest BCUT2D eigenvalue weighted by Gasteiger charge is 2.56. The minimum absolute atomic E-state index is 0.0193. The number of nitrogens with one attached hydrogen (secondary N) is 2. The van der Waals surface area contributed by atoms with Crippen LogP contribution in [0, 0.1) is 13.8 Å². The second-order valence-electron chi connectivity index (χ2n) is 19.1. The number of aliphatic carboxylic acids is 1. The molecule has 6 atom stereocenters. The van der Waals surface area contributed by atoms with Crippen LogP contribution in [0.15, 0.2) is 48.7 Å². The van der Waals surface area contributed by atoms with E-state index in [1.807, 2.05) is 30.3 Å². The number of hydrogen-bond donors (Lipinski definition) is 8. The quantitative estimate of drug-likeness (QED) is 0.0375.